The summed E-state index contributed by atoms with van der Waals surface area (Å²) in [6.45, 7) is 0. The Morgan fingerprint density at radius 3 is 2.26 bits per heavy atom. The fourth-order valence-electron chi connectivity index (χ4n) is 1.68. The number of aliphatic hydroxyl groups is 1. The summed E-state index contributed by atoms with van der Waals surface area (Å²) in [5.41, 5.74) is -0.139. The van der Waals surface area contributed by atoms with E-state index in [9.17, 15) is 23.1 Å². The van der Waals surface area contributed by atoms with Crippen molar-refractivity contribution in [3.05, 3.63) is 51.7 Å². The summed E-state index contributed by atoms with van der Waals surface area (Å²) in [5, 5.41) is 21.4. The molecule has 2 N–H and O–H groups in total. The molecule has 0 atom stereocenters. The molecule has 0 aliphatic carbocycles. The molecule has 0 saturated carbocycles. The largest absolute Gasteiger partial charge is 0.507 e. The van der Waals surface area contributed by atoms with Crippen molar-refractivity contribution in [2.45, 2.75) is 9.79 Å². The molecule has 0 aliphatic rings. The summed E-state index contributed by atoms with van der Waals surface area (Å²) >= 11 is 6.71. The maximum Gasteiger partial charge on any atom is 0.376 e. The average molecular weight is 373 g/mol. The zero-order valence-corrected chi connectivity index (χ0v) is 13.7. The summed E-state index contributed by atoms with van der Waals surface area (Å²) in [5.74, 6) is -3.84. The van der Waals surface area contributed by atoms with Crippen molar-refractivity contribution in [2.24, 2.45) is 0 Å². The summed E-state index contributed by atoms with van der Waals surface area (Å²) < 4.78 is 25.2. The summed E-state index contributed by atoms with van der Waals surface area (Å²) in [7, 11) is -3.95. The molecule has 0 bridgehead atoms. The van der Waals surface area contributed by atoms with Crippen molar-refractivity contribution in [1.82, 2.24) is 0 Å². The number of ketones is 1. The van der Waals surface area contributed by atoms with E-state index in [1.807, 2.05) is 0 Å². The SMILES string of the molecule is O=C(O)C(=O)C=C(O)c1cscc1S(=O)(=O)c1ccc(Cl)cc1. The van der Waals surface area contributed by atoms with Crippen LogP contribution in [0.3, 0.4) is 0 Å². The van der Waals surface area contributed by atoms with Crippen molar-refractivity contribution >= 4 is 50.3 Å². The van der Waals surface area contributed by atoms with Gasteiger partial charge in [-0.3, -0.25) is 4.79 Å². The van der Waals surface area contributed by atoms with Crippen LogP contribution in [0.4, 0.5) is 0 Å². The van der Waals surface area contributed by atoms with Crippen LogP contribution < -0.4 is 0 Å². The van der Waals surface area contributed by atoms with Crippen LogP contribution in [0.2, 0.25) is 5.02 Å². The highest BCUT2D eigenvalue weighted by Crippen LogP contribution is 2.31. The molecule has 23 heavy (non-hydrogen) atoms. The maximum absolute atomic E-state index is 12.6. The van der Waals surface area contributed by atoms with Gasteiger partial charge in [0.1, 0.15) is 5.76 Å². The van der Waals surface area contributed by atoms with Gasteiger partial charge < -0.3 is 10.2 Å². The van der Waals surface area contributed by atoms with Gasteiger partial charge in [0.25, 0.3) is 5.78 Å². The van der Waals surface area contributed by atoms with Crippen LogP contribution in [-0.4, -0.2) is 30.4 Å². The number of hydrogen-bond acceptors (Lipinski definition) is 6. The fraction of sp³-hybridized carbons (Fsp3) is 0. The number of hydrogen-bond donors (Lipinski definition) is 2. The third-order valence-electron chi connectivity index (χ3n) is 2.79. The van der Waals surface area contributed by atoms with Gasteiger partial charge in [0.2, 0.25) is 9.84 Å². The van der Waals surface area contributed by atoms with Gasteiger partial charge in [0.05, 0.1) is 9.79 Å². The quantitative estimate of drug-likeness (QED) is 0.474. The molecule has 9 heteroatoms. The Kier molecular flexibility index (Phi) is 4.88. The Bertz CT molecular complexity index is 894. The summed E-state index contributed by atoms with van der Waals surface area (Å²) in [6.07, 6.45) is 0.464. The van der Waals surface area contributed by atoms with Crippen LogP contribution in [0.15, 0.2) is 50.9 Å². The molecule has 1 aromatic heterocycles. The number of carbonyl (C=O) groups is 2. The van der Waals surface area contributed by atoms with Gasteiger partial charge >= 0.3 is 5.97 Å². The first-order valence-electron chi connectivity index (χ1n) is 5.98. The number of benzene rings is 1. The van der Waals surface area contributed by atoms with Crippen LogP contribution in [0.1, 0.15) is 5.56 Å². The first-order chi connectivity index (χ1) is 10.7. The predicted molar refractivity (Wildman–Crippen MR) is 84.5 cm³/mol. The van der Waals surface area contributed by atoms with Crippen LogP contribution >= 0.6 is 22.9 Å². The third kappa shape index (κ3) is 3.61. The Hall–Kier alpha value is -2.16. The lowest BCUT2D eigenvalue weighted by Crippen LogP contribution is -2.10. The number of carbonyl (C=O) groups excluding carboxylic acids is 1. The molecule has 1 heterocycles. The molecule has 0 amide bonds. The average Bonchev–Trinajstić information content (AvgIpc) is 2.97. The van der Waals surface area contributed by atoms with E-state index in [1.165, 1.54) is 35.0 Å². The van der Waals surface area contributed by atoms with Gasteiger partial charge in [-0.15, -0.1) is 0 Å². The molecule has 6 nitrogen and oxygen atoms in total. The lowest BCUT2D eigenvalue weighted by atomic mass is 10.2. The minimum atomic E-state index is -3.95. The second-order valence-electron chi connectivity index (χ2n) is 4.31. The van der Waals surface area contributed by atoms with E-state index in [0.29, 0.717) is 11.1 Å². The predicted octanol–water partition coefficient (Wildman–Crippen LogP) is 2.79. The van der Waals surface area contributed by atoms with E-state index in [4.69, 9.17) is 16.7 Å². The molecule has 1 aromatic carbocycles. The fourth-order valence-corrected chi connectivity index (χ4v) is 4.46. The van der Waals surface area contributed by atoms with Crippen LogP contribution in [0.5, 0.6) is 0 Å². The molecule has 0 radical (unpaired) electrons. The number of rotatable bonds is 5. The molecule has 0 unspecified atom stereocenters. The highest BCUT2D eigenvalue weighted by atomic mass is 35.5. The van der Waals surface area contributed by atoms with Crippen molar-refractivity contribution in [1.29, 1.82) is 0 Å². The number of carboxylic acid groups (broad SMARTS) is 1. The van der Waals surface area contributed by atoms with Gasteiger partial charge in [-0.1, -0.05) is 11.6 Å². The van der Waals surface area contributed by atoms with E-state index in [1.54, 1.807) is 0 Å². The molecular weight excluding hydrogens is 364 g/mol. The second-order valence-corrected chi connectivity index (χ2v) is 7.40. The monoisotopic (exact) mass is 372 g/mol. The van der Waals surface area contributed by atoms with Gasteiger partial charge in [0, 0.05) is 27.4 Å². The number of aliphatic carboxylic acids is 1. The Morgan fingerprint density at radius 2 is 1.70 bits per heavy atom. The van der Waals surface area contributed by atoms with Crippen molar-refractivity contribution in [3.63, 3.8) is 0 Å². The highest BCUT2D eigenvalue weighted by Gasteiger charge is 2.24. The molecule has 0 aliphatic heterocycles. The highest BCUT2D eigenvalue weighted by molar-refractivity contribution is 7.91. The third-order valence-corrected chi connectivity index (χ3v) is 5.75. The molecule has 120 valence electrons. The maximum atomic E-state index is 12.6. The van der Waals surface area contributed by atoms with Gasteiger partial charge in [-0.05, 0) is 24.3 Å². The van der Waals surface area contributed by atoms with Crippen LogP contribution in [0, 0.1) is 0 Å². The number of aliphatic hydroxyl groups excluding tert-OH is 1. The zero-order valence-electron chi connectivity index (χ0n) is 11.3. The van der Waals surface area contributed by atoms with Gasteiger partial charge in [-0.25, -0.2) is 13.2 Å². The van der Waals surface area contributed by atoms with E-state index in [2.05, 4.69) is 0 Å². The van der Waals surface area contributed by atoms with Gasteiger partial charge in [0.15, 0.2) is 0 Å². The van der Waals surface area contributed by atoms with Crippen molar-refractivity contribution in [3.8, 4) is 0 Å². The number of halogens is 1. The van der Waals surface area contributed by atoms with Crippen LogP contribution in [0.25, 0.3) is 5.76 Å². The topological polar surface area (TPSA) is 109 Å². The minimum Gasteiger partial charge on any atom is -0.507 e. The van der Waals surface area contributed by atoms with Crippen LogP contribution in [-0.2, 0) is 19.4 Å². The molecular formula is C14H9ClO6S2. The summed E-state index contributed by atoms with van der Waals surface area (Å²) in [4.78, 5) is 21.4. The van der Waals surface area contributed by atoms with E-state index in [-0.39, 0.29) is 15.4 Å². The Labute approximate surface area is 140 Å². The first kappa shape index (κ1) is 17.2. The standard InChI is InChI=1S/C14H9ClO6S2/c15-8-1-3-9(4-2-8)23(20,21)13-7-22-6-10(13)11(16)5-12(17)14(18)19/h1-7,16H,(H,18,19). The smallest absolute Gasteiger partial charge is 0.376 e. The second kappa shape index (κ2) is 6.53. The van der Waals surface area contributed by atoms with E-state index in [0.717, 1.165) is 11.3 Å². The Balaban J connectivity index is 2.51. The zero-order chi connectivity index (χ0) is 17.2. The van der Waals surface area contributed by atoms with Gasteiger partial charge in [-0.2, -0.15) is 11.3 Å². The minimum absolute atomic E-state index is 0.0427. The molecule has 0 saturated heterocycles. The number of thiophene rings is 1. The molecule has 2 aromatic rings. The Morgan fingerprint density at radius 1 is 1.09 bits per heavy atom. The molecule has 0 spiro atoms. The normalized spacial score (nSPS) is 12.1. The number of sulfone groups is 1. The number of carboxylic acids is 1. The lowest BCUT2D eigenvalue weighted by Gasteiger charge is -2.06. The lowest BCUT2D eigenvalue weighted by molar-refractivity contribution is -0.146. The summed E-state index contributed by atoms with van der Waals surface area (Å²) in [6, 6.07) is 5.43. The van der Waals surface area contributed by atoms with Crippen molar-refractivity contribution in [2.75, 3.05) is 0 Å². The molecule has 2 rings (SSSR count). The molecule has 0 fully saturated rings. The van der Waals surface area contributed by atoms with E-state index < -0.39 is 27.3 Å². The first-order valence-corrected chi connectivity index (χ1v) is 8.79. The van der Waals surface area contributed by atoms with E-state index >= 15 is 0 Å². The van der Waals surface area contributed by atoms with Crippen molar-refractivity contribution < 1.29 is 28.2 Å².